The molecule has 26 heavy (non-hydrogen) atoms. The summed E-state index contributed by atoms with van der Waals surface area (Å²) in [5.74, 6) is 0.315. The van der Waals surface area contributed by atoms with Crippen LogP contribution in [0.4, 0.5) is 0 Å². The van der Waals surface area contributed by atoms with Crippen LogP contribution in [0.5, 0.6) is 0 Å². The Hall–Kier alpha value is -1.47. The number of hydrogen-bond donors (Lipinski definition) is 0. The molecule has 7 heteroatoms. The van der Waals surface area contributed by atoms with Gasteiger partial charge in [-0.1, -0.05) is 0 Å². The highest BCUT2D eigenvalue weighted by Crippen LogP contribution is 2.40. The van der Waals surface area contributed by atoms with Crippen molar-refractivity contribution in [3.63, 3.8) is 0 Å². The third kappa shape index (κ3) is 3.64. The van der Waals surface area contributed by atoms with Crippen molar-refractivity contribution in [3.8, 4) is 0 Å². The Morgan fingerprint density at radius 2 is 2.19 bits per heavy atom. The first-order valence-electron chi connectivity index (χ1n) is 9.65. The van der Waals surface area contributed by atoms with E-state index < -0.39 is 0 Å². The topological polar surface area (TPSA) is 62.7 Å². The minimum Gasteiger partial charge on any atom is -0.376 e. The Labute approximate surface area is 158 Å². The van der Waals surface area contributed by atoms with Gasteiger partial charge in [0.05, 0.1) is 11.1 Å². The molecule has 0 N–H and O–H groups in total. The number of nitrogens with zero attached hydrogens (tertiary/aromatic N) is 3. The molecule has 4 heterocycles. The third-order valence-corrected chi connectivity index (χ3v) is 6.92. The molecule has 3 aliphatic rings. The average Bonchev–Trinajstić information content (AvgIpc) is 3.30. The molecule has 0 aliphatic carbocycles. The maximum absolute atomic E-state index is 12.6. The quantitative estimate of drug-likeness (QED) is 0.812. The molecule has 1 aromatic heterocycles. The number of ether oxygens (including phenoxy) is 1. The molecule has 3 fully saturated rings. The van der Waals surface area contributed by atoms with Crippen molar-refractivity contribution in [1.29, 1.82) is 0 Å². The van der Waals surface area contributed by atoms with Crippen molar-refractivity contribution in [1.82, 2.24) is 14.8 Å². The summed E-state index contributed by atoms with van der Waals surface area (Å²) >= 11 is 1.52. The summed E-state index contributed by atoms with van der Waals surface area (Å²) in [5, 5.41) is 2.78. The van der Waals surface area contributed by atoms with Gasteiger partial charge in [0, 0.05) is 44.6 Å². The van der Waals surface area contributed by atoms with Crippen LogP contribution >= 0.6 is 11.3 Å². The number of aromatic nitrogens is 1. The number of thiazole rings is 1. The highest BCUT2D eigenvalue weighted by Gasteiger charge is 2.42. The first kappa shape index (κ1) is 17.9. The van der Waals surface area contributed by atoms with Crippen LogP contribution < -0.4 is 0 Å². The summed E-state index contributed by atoms with van der Waals surface area (Å²) in [6.07, 6.45) is 5.90. The van der Waals surface area contributed by atoms with Crippen molar-refractivity contribution in [2.24, 2.45) is 5.41 Å². The largest absolute Gasteiger partial charge is 0.376 e. The Morgan fingerprint density at radius 3 is 2.85 bits per heavy atom. The molecule has 3 saturated heterocycles. The van der Waals surface area contributed by atoms with Crippen molar-refractivity contribution in [2.75, 3.05) is 32.8 Å². The van der Waals surface area contributed by atoms with E-state index in [9.17, 15) is 9.59 Å². The zero-order valence-corrected chi connectivity index (χ0v) is 16.2. The van der Waals surface area contributed by atoms with Gasteiger partial charge in [0.2, 0.25) is 5.91 Å². The van der Waals surface area contributed by atoms with E-state index in [4.69, 9.17) is 4.74 Å². The minimum atomic E-state index is 0.0484. The second-order valence-electron chi connectivity index (χ2n) is 7.95. The van der Waals surface area contributed by atoms with Crippen LogP contribution in [0.25, 0.3) is 0 Å². The van der Waals surface area contributed by atoms with E-state index in [1.54, 1.807) is 0 Å². The second-order valence-corrected chi connectivity index (χ2v) is 9.02. The molecule has 1 unspecified atom stereocenters. The normalized spacial score (nSPS) is 25.9. The molecule has 4 rings (SSSR count). The van der Waals surface area contributed by atoms with Crippen molar-refractivity contribution >= 4 is 23.2 Å². The van der Waals surface area contributed by atoms with Gasteiger partial charge >= 0.3 is 0 Å². The summed E-state index contributed by atoms with van der Waals surface area (Å²) in [6.45, 7) is 5.83. The standard InChI is InChI=1S/C19H27N3O3S/c1-14-20-16(12-26-14)18(24)21-8-6-19(7-9-21)5-4-17(23)22(13-19)11-15-3-2-10-25-15/h12,15H,2-11,13H2,1H3. The van der Waals surface area contributed by atoms with Crippen LogP contribution in [0.2, 0.25) is 0 Å². The predicted molar refractivity (Wildman–Crippen MR) is 99.2 cm³/mol. The van der Waals surface area contributed by atoms with Crippen LogP contribution in [-0.2, 0) is 9.53 Å². The smallest absolute Gasteiger partial charge is 0.273 e. The fourth-order valence-corrected chi connectivity index (χ4v) is 5.11. The lowest BCUT2D eigenvalue weighted by Crippen LogP contribution is -2.53. The number of amides is 2. The van der Waals surface area contributed by atoms with Gasteiger partial charge in [0.25, 0.3) is 5.91 Å². The summed E-state index contributed by atoms with van der Waals surface area (Å²) < 4.78 is 5.73. The van der Waals surface area contributed by atoms with Gasteiger partial charge in [-0.2, -0.15) is 0 Å². The van der Waals surface area contributed by atoms with E-state index >= 15 is 0 Å². The number of carbonyl (C=O) groups excluding carboxylic acids is 2. The van der Waals surface area contributed by atoms with Gasteiger partial charge in [-0.05, 0) is 44.4 Å². The van der Waals surface area contributed by atoms with Crippen LogP contribution in [-0.4, -0.2) is 65.5 Å². The molecule has 3 aliphatic heterocycles. The lowest BCUT2D eigenvalue weighted by molar-refractivity contribution is -0.141. The number of piperidine rings is 2. The number of carbonyl (C=O) groups is 2. The van der Waals surface area contributed by atoms with Crippen LogP contribution in [0.1, 0.15) is 54.0 Å². The monoisotopic (exact) mass is 377 g/mol. The van der Waals surface area contributed by atoms with Gasteiger partial charge in [-0.25, -0.2) is 4.98 Å². The number of aryl methyl sites for hydroxylation is 1. The van der Waals surface area contributed by atoms with Crippen molar-refractivity contribution in [2.45, 2.75) is 51.6 Å². The Bertz CT molecular complexity index is 675. The average molecular weight is 378 g/mol. The van der Waals surface area contributed by atoms with E-state index in [1.807, 2.05) is 22.1 Å². The Balaban J connectivity index is 1.36. The maximum atomic E-state index is 12.6. The molecule has 1 spiro atoms. The van der Waals surface area contributed by atoms with Crippen LogP contribution in [0.3, 0.4) is 0 Å². The van der Waals surface area contributed by atoms with E-state index in [1.165, 1.54) is 11.3 Å². The molecule has 6 nitrogen and oxygen atoms in total. The lowest BCUT2D eigenvalue weighted by atomic mass is 9.72. The molecule has 1 atom stereocenters. The fraction of sp³-hybridized carbons (Fsp3) is 0.737. The van der Waals surface area contributed by atoms with Crippen LogP contribution in [0, 0.1) is 12.3 Å². The molecule has 0 saturated carbocycles. The zero-order valence-electron chi connectivity index (χ0n) is 15.4. The van der Waals surface area contributed by atoms with Gasteiger partial charge in [0.15, 0.2) is 0 Å². The summed E-state index contributed by atoms with van der Waals surface area (Å²) in [7, 11) is 0. The van der Waals surface area contributed by atoms with Crippen molar-refractivity contribution < 1.29 is 14.3 Å². The fourth-order valence-electron chi connectivity index (χ4n) is 4.52. The molecule has 2 amide bonds. The SMILES string of the molecule is Cc1nc(C(=O)N2CCC3(CCC(=O)N(CC4CCCO4)C3)CC2)cs1. The molecule has 0 aromatic carbocycles. The number of likely N-dealkylation sites (tertiary alicyclic amines) is 2. The Kier molecular flexibility index (Phi) is 5.01. The molecule has 0 radical (unpaired) electrons. The van der Waals surface area contributed by atoms with Gasteiger partial charge in [0.1, 0.15) is 5.69 Å². The minimum absolute atomic E-state index is 0.0484. The van der Waals surface area contributed by atoms with Crippen LogP contribution in [0.15, 0.2) is 5.38 Å². The van der Waals surface area contributed by atoms with Gasteiger partial charge in [-0.3, -0.25) is 9.59 Å². The second kappa shape index (κ2) is 7.27. The number of rotatable bonds is 3. The van der Waals surface area contributed by atoms with E-state index in [0.29, 0.717) is 12.1 Å². The molecule has 0 bridgehead atoms. The molecular weight excluding hydrogens is 350 g/mol. The maximum Gasteiger partial charge on any atom is 0.273 e. The summed E-state index contributed by atoms with van der Waals surface area (Å²) in [4.78, 5) is 33.3. The summed E-state index contributed by atoms with van der Waals surface area (Å²) in [6, 6.07) is 0. The molecule has 142 valence electrons. The molecular formula is C19H27N3O3S. The predicted octanol–water partition coefficient (Wildman–Crippen LogP) is 2.48. The third-order valence-electron chi connectivity index (χ3n) is 6.15. The first-order chi connectivity index (χ1) is 12.5. The van der Waals surface area contributed by atoms with Gasteiger partial charge in [-0.15, -0.1) is 11.3 Å². The van der Waals surface area contributed by atoms with E-state index in [2.05, 4.69) is 4.98 Å². The summed E-state index contributed by atoms with van der Waals surface area (Å²) in [5.41, 5.74) is 0.739. The Morgan fingerprint density at radius 1 is 1.38 bits per heavy atom. The zero-order chi connectivity index (χ0) is 18.1. The highest BCUT2D eigenvalue weighted by atomic mass is 32.1. The van der Waals surface area contributed by atoms with E-state index in [-0.39, 0.29) is 23.3 Å². The highest BCUT2D eigenvalue weighted by molar-refractivity contribution is 7.09. The lowest BCUT2D eigenvalue weighted by Gasteiger charge is -2.47. The van der Waals surface area contributed by atoms with Crippen molar-refractivity contribution in [3.05, 3.63) is 16.1 Å². The van der Waals surface area contributed by atoms with Gasteiger partial charge < -0.3 is 14.5 Å². The molecule has 1 aromatic rings. The number of hydrogen-bond acceptors (Lipinski definition) is 5. The van der Waals surface area contributed by atoms with E-state index in [0.717, 1.165) is 69.9 Å². The first-order valence-corrected chi connectivity index (χ1v) is 10.5.